The van der Waals surface area contributed by atoms with E-state index in [0.717, 1.165) is 5.01 Å². The van der Waals surface area contributed by atoms with Crippen LogP contribution in [0.3, 0.4) is 0 Å². The molecule has 0 N–H and O–H groups in total. The maximum Gasteiger partial charge on any atom is 0.265 e. The highest BCUT2D eigenvalue weighted by Crippen LogP contribution is 2.28. The number of thiazole rings is 1. The SMILES string of the molecule is CC1CN(C(=O)c2cnc(C(C)(C)C)s2)CC(C)S1=O. The fourth-order valence-electron chi connectivity index (χ4n) is 2.28. The van der Waals surface area contributed by atoms with Crippen molar-refractivity contribution < 1.29 is 9.00 Å². The summed E-state index contributed by atoms with van der Waals surface area (Å²) in [6.07, 6.45) is 1.68. The van der Waals surface area contributed by atoms with Crippen LogP contribution >= 0.6 is 11.3 Å². The standard InChI is InChI=1S/C14H22N2O2S2/c1-9-7-16(8-10(2)20(9)18)12(17)11-6-15-13(19-11)14(3,4)5/h6,9-10H,7-8H2,1-5H3. The van der Waals surface area contributed by atoms with Crippen molar-refractivity contribution in [1.29, 1.82) is 0 Å². The van der Waals surface area contributed by atoms with Crippen molar-refractivity contribution in [1.82, 2.24) is 9.88 Å². The van der Waals surface area contributed by atoms with Crippen molar-refractivity contribution in [2.24, 2.45) is 0 Å². The Bertz CT molecular complexity index is 520. The minimum absolute atomic E-state index is 0.0217. The molecule has 2 unspecified atom stereocenters. The lowest BCUT2D eigenvalue weighted by molar-refractivity contribution is 0.0756. The monoisotopic (exact) mass is 314 g/mol. The van der Waals surface area contributed by atoms with E-state index in [-0.39, 0.29) is 21.8 Å². The Morgan fingerprint density at radius 2 is 1.90 bits per heavy atom. The van der Waals surface area contributed by atoms with E-state index in [1.807, 2.05) is 18.7 Å². The van der Waals surface area contributed by atoms with Gasteiger partial charge in [-0.05, 0) is 13.8 Å². The lowest BCUT2D eigenvalue weighted by atomic mass is 9.98. The fraction of sp³-hybridized carbons (Fsp3) is 0.714. The summed E-state index contributed by atoms with van der Waals surface area (Å²) in [5.41, 5.74) is -0.0345. The molecule has 2 rings (SSSR count). The second-order valence-electron chi connectivity index (χ2n) is 6.44. The van der Waals surface area contributed by atoms with Gasteiger partial charge < -0.3 is 4.90 Å². The molecule has 20 heavy (non-hydrogen) atoms. The molecule has 0 spiro atoms. The Morgan fingerprint density at radius 3 is 2.35 bits per heavy atom. The van der Waals surface area contributed by atoms with E-state index in [0.29, 0.717) is 18.0 Å². The van der Waals surface area contributed by atoms with Crippen LogP contribution in [0.15, 0.2) is 6.20 Å². The summed E-state index contributed by atoms with van der Waals surface area (Å²) < 4.78 is 11.9. The molecular formula is C14H22N2O2S2. The molecule has 6 heteroatoms. The maximum atomic E-state index is 12.5. The average molecular weight is 314 g/mol. The summed E-state index contributed by atoms with van der Waals surface area (Å²) in [6.45, 7) is 11.3. The summed E-state index contributed by atoms with van der Waals surface area (Å²) in [4.78, 5) is 19.4. The Balaban J connectivity index is 2.16. The van der Waals surface area contributed by atoms with Crippen LogP contribution in [0.5, 0.6) is 0 Å². The van der Waals surface area contributed by atoms with E-state index in [4.69, 9.17) is 0 Å². The molecule has 1 fully saturated rings. The highest BCUT2D eigenvalue weighted by atomic mass is 32.2. The second kappa shape index (κ2) is 5.56. The first-order valence-electron chi connectivity index (χ1n) is 6.85. The molecule has 0 bridgehead atoms. The second-order valence-corrected chi connectivity index (χ2v) is 9.74. The molecule has 1 aromatic heterocycles. The van der Waals surface area contributed by atoms with Crippen LogP contribution in [0.25, 0.3) is 0 Å². The van der Waals surface area contributed by atoms with E-state index in [1.165, 1.54) is 11.3 Å². The minimum atomic E-state index is -0.838. The molecule has 0 saturated carbocycles. The molecule has 1 aliphatic rings. The predicted molar refractivity (Wildman–Crippen MR) is 83.8 cm³/mol. The van der Waals surface area contributed by atoms with Crippen LogP contribution in [-0.4, -0.2) is 43.6 Å². The lowest BCUT2D eigenvalue weighted by Gasteiger charge is -2.34. The molecule has 1 aromatic rings. The molecule has 4 nitrogen and oxygen atoms in total. The van der Waals surface area contributed by atoms with Gasteiger partial charge >= 0.3 is 0 Å². The van der Waals surface area contributed by atoms with Gasteiger partial charge in [0.05, 0.1) is 11.2 Å². The molecule has 0 radical (unpaired) electrons. The maximum absolute atomic E-state index is 12.5. The third-order valence-corrected chi connectivity index (χ3v) is 6.69. The number of amides is 1. The first kappa shape index (κ1) is 15.6. The van der Waals surface area contributed by atoms with Crippen molar-refractivity contribution in [3.05, 3.63) is 16.1 Å². The zero-order chi connectivity index (χ0) is 15.1. The molecule has 2 heterocycles. The largest absolute Gasteiger partial charge is 0.336 e. The predicted octanol–water partition coefficient (Wildman–Crippen LogP) is 2.42. The summed E-state index contributed by atoms with van der Waals surface area (Å²) in [5.74, 6) is 0.0217. The fourth-order valence-corrected chi connectivity index (χ4v) is 4.67. The molecule has 112 valence electrons. The van der Waals surface area contributed by atoms with Crippen LogP contribution in [-0.2, 0) is 16.2 Å². The number of hydrogen-bond donors (Lipinski definition) is 0. The first-order chi connectivity index (χ1) is 9.20. The van der Waals surface area contributed by atoms with Gasteiger partial charge in [0.15, 0.2) is 0 Å². The smallest absolute Gasteiger partial charge is 0.265 e. The third kappa shape index (κ3) is 3.11. The number of nitrogens with zero attached hydrogens (tertiary/aromatic N) is 2. The third-order valence-electron chi connectivity index (χ3n) is 3.39. The molecule has 0 aromatic carbocycles. The van der Waals surface area contributed by atoms with E-state index in [9.17, 15) is 9.00 Å². The van der Waals surface area contributed by atoms with Crippen molar-refractivity contribution >= 4 is 28.0 Å². The van der Waals surface area contributed by atoms with Gasteiger partial charge in [0.1, 0.15) is 4.88 Å². The van der Waals surface area contributed by atoms with Gasteiger partial charge in [-0.2, -0.15) is 0 Å². The summed E-state index contributed by atoms with van der Waals surface area (Å²) >= 11 is 1.47. The molecule has 0 aliphatic carbocycles. The summed E-state index contributed by atoms with van der Waals surface area (Å²) in [6, 6.07) is 0. The van der Waals surface area contributed by atoms with Crippen LogP contribution in [0.2, 0.25) is 0 Å². The zero-order valence-corrected chi connectivity index (χ0v) is 14.3. The van der Waals surface area contributed by atoms with Crippen molar-refractivity contribution in [3.8, 4) is 0 Å². The average Bonchev–Trinajstić information content (AvgIpc) is 2.83. The number of aromatic nitrogens is 1. The van der Waals surface area contributed by atoms with Crippen LogP contribution < -0.4 is 0 Å². The first-order valence-corrected chi connectivity index (χ1v) is 8.94. The Morgan fingerprint density at radius 1 is 1.35 bits per heavy atom. The quantitative estimate of drug-likeness (QED) is 0.800. The number of carbonyl (C=O) groups excluding carboxylic acids is 1. The van der Waals surface area contributed by atoms with Crippen molar-refractivity contribution in [3.63, 3.8) is 0 Å². The van der Waals surface area contributed by atoms with Gasteiger partial charge in [0, 0.05) is 39.8 Å². The lowest BCUT2D eigenvalue weighted by Crippen LogP contribution is -2.49. The van der Waals surface area contributed by atoms with E-state index >= 15 is 0 Å². The van der Waals surface area contributed by atoms with Gasteiger partial charge in [-0.3, -0.25) is 9.00 Å². The highest BCUT2D eigenvalue weighted by molar-refractivity contribution is 7.86. The van der Waals surface area contributed by atoms with Gasteiger partial charge in [-0.1, -0.05) is 20.8 Å². The number of carbonyl (C=O) groups is 1. The Hall–Kier alpha value is -0.750. The number of hydrogen-bond acceptors (Lipinski definition) is 4. The van der Waals surface area contributed by atoms with Crippen LogP contribution in [0.4, 0.5) is 0 Å². The topological polar surface area (TPSA) is 50.3 Å². The van der Waals surface area contributed by atoms with Crippen LogP contribution in [0.1, 0.15) is 49.3 Å². The van der Waals surface area contributed by atoms with Crippen molar-refractivity contribution in [2.45, 2.75) is 50.5 Å². The number of rotatable bonds is 1. The van der Waals surface area contributed by atoms with Gasteiger partial charge in [0.25, 0.3) is 5.91 Å². The van der Waals surface area contributed by atoms with E-state index in [2.05, 4.69) is 25.8 Å². The summed E-state index contributed by atoms with van der Waals surface area (Å²) in [7, 11) is -0.838. The highest BCUT2D eigenvalue weighted by Gasteiger charge is 2.32. The van der Waals surface area contributed by atoms with Gasteiger partial charge in [-0.15, -0.1) is 11.3 Å². The van der Waals surface area contributed by atoms with E-state index in [1.54, 1.807) is 6.20 Å². The molecule has 1 saturated heterocycles. The zero-order valence-electron chi connectivity index (χ0n) is 12.7. The van der Waals surface area contributed by atoms with Crippen LogP contribution in [0, 0.1) is 0 Å². The van der Waals surface area contributed by atoms with Crippen molar-refractivity contribution in [2.75, 3.05) is 13.1 Å². The summed E-state index contributed by atoms with van der Waals surface area (Å²) in [5, 5.41) is 1.05. The molecule has 1 aliphatic heterocycles. The Labute approximate surface area is 127 Å². The molecule has 1 amide bonds. The van der Waals surface area contributed by atoms with E-state index < -0.39 is 10.8 Å². The molecule has 2 atom stereocenters. The van der Waals surface area contributed by atoms with Gasteiger partial charge in [0.2, 0.25) is 0 Å². The minimum Gasteiger partial charge on any atom is -0.336 e. The Kier molecular flexibility index (Phi) is 4.35. The molecular weight excluding hydrogens is 292 g/mol. The van der Waals surface area contributed by atoms with Gasteiger partial charge in [-0.25, -0.2) is 4.98 Å². The normalized spacial score (nSPS) is 27.6.